The largest absolute Gasteiger partial charge is 0.495 e. The minimum Gasteiger partial charge on any atom is -0.495 e. The molecule has 3 N–H and O–H groups in total. The first-order chi connectivity index (χ1) is 15.0. The molecule has 1 aromatic rings. The number of β-amino-alcohol motifs (C(OH)–C–C–N with tert-alkyl or cyclic N) is 1. The zero-order chi connectivity index (χ0) is 22.1. The molecule has 2 aliphatic heterocycles. The van der Waals surface area contributed by atoms with Crippen molar-refractivity contribution in [3.8, 4) is 5.75 Å². The van der Waals surface area contributed by atoms with Gasteiger partial charge in [-0.25, -0.2) is 0 Å². The van der Waals surface area contributed by atoms with E-state index in [4.69, 9.17) is 9.47 Å². The fourth-order valence-corrected chi connectivity index (χ4v) is 4.23. The fourth-order valence-electron chi connectivity index (χ4n) is 4.23. The first kappa shape index (κ1) is 26.9. The summed E-state index contributed by atoms with van der Waals surface area (Å²) in [5, 5.41) is 17.6. The molecular weight excluding hydrogens is 521 g/mol. The van der Waals surface area contributed by atoms with Crippen LogP contribution in [-0.4, -0.2) is 94.2 Å². The first-order valence-corrected chi connectivity index (χ1v) is 11.4. The molecule has 2 saturated heterocycles. The predicted octanol–water partition coefficient (Wildman–Crippen LogP) is 1.78. The molecular formula is C23H40IN5O3. The number of methoxy groups -OCH3 is 1. The van der Waals surface area contributed by atoms with Crippen LogP contribution in [-0.2, 0) is 4.74 Å². The second-order valence-corrected chi connectivity index (χ2v) is 8.73. The summed E-state index contributed by atoms with van der Waals surface area (Å²) >= 11 is 0. The number of aliphatic imine (C=N–C) groups is 1. The highest BCUT2D eigenvalue weighted by Crippen LogP contribution is 2.31. The average molecular weight is 562 g/mol. The summed E-state index contributed by atoms with van der Waals surface area (Å²) in [5.74, 6) is 2.22. The molecule has 0 radical (unpaired) electrons. The maximum Gasteiger partial charge on any atom is 0.191 e. The van der Waals surface area contributed by atoms with Gasteiger partial charge in [-0.2, -0.15) is 0 Å². The first-order valence-electron chi connectivity index (χ1n) is 11.4. The quantitative estimate of drug-likeness (QED) is 0.241. The van der Waals surface area contributed by atoms with Crippen molar-refractivity contribution in [2.45, 2.75) is 25.9 Å². The van der Waals surface area contributed by atoms with Crippen LogP contribution in [0.25, 0.3) is 0 Å². The summed E-state index contributed by atoms with van der Waals surface area (Å²) in [6.45, 7) is 11.7. The summed E-state index contributed by atoms with van der Waals surface area (Å²) in [6.07, 6.45) is 1.12. The molecule has 0 aliphatic carbocycles. The molecule has 2 unspecified atom stereocenters. The van der Waals surface area contributed by atoms with Gasteiger partial charge in [0.15, 0.2) is 5.96 Å². The average Bonchev–Trinajstić information content (AvgIpc) is 3.25. The van der Waals surface area contributed by atoms with Gasteiger partial charge in [-0.1, -0.05) is 12.1 Å². The highest BCUT2D eigenvalue weighted by molar-refractivity contribution is 14.0. The summed E-state index contributed by atoms with van der Waals surface area (Å²) in [5.41, 5.74) is 0.292. The Balaban J connectivity index is 0.00000363. The van der Waals surface area contributed by atoms with Crippen molar-refractivity contribution in [1.29, 1.82) is 0 Å². The molecule has 182 valence electrons. The highest BCUT2D eigenvalue weighted by atomic mass is 127. The molecule has 9 heteroatoms. The standard InChI is InChI=1S/C23H39N5O3.HI/c1-4-24-22(26-17-23(2,29)18-27-11-13-31-14-12-27)25-15-19-9-10-28(16-19)20-7-5-6-8-21(20)30-3;/h5-8,19,29H,4,9-18H2,1-3H3,(H2,24,25,26);1H. The van der Waals surface area contributed by atoms with E-state index in [-0.39, 0.29) is 24.0 Å². The molecule has 2 fully saturated rings. The molecule has 0 saturated carbocycles. The number of morpholine rings is 1. The molecule has 0 spiro atoms. The van der Waals surface area contributed by atoms with Crippen LogP contribution in [0.3, 0.4) is 0 Å². The van der Waals surface area contributed by atoms with Gasteiger partial charge in [-0.15, -0.1) is 24.0 Å². The van der Waals surface area contributed by atoms with Gasteiger partial charge in [0.1, 0.15) is 5.75 Å². The van der Waals surface area contributed by atoms with Gasteiger partial charge in [0.05, 0.1) is 38.2 Å². The summed E-state index contributed by atoms with van der Waals surface area (Å²) in [6, 6.07) is 8.20. The zero-order valence-electron chi connectivity index (χ0n) is 19.7. The van der Waals surface area contributed by atoms with Crippen LogP contribution in [0, 0.1) is 5.92 Å². The smallest absolute Gasteiger partial charge is 0.191 e. The topological polar surface area (TPSA) is 81.6 Å². The lowest BCUT2D eigenvalue weighted by atomic mass is 10.1. The molecule has 2 atom stereocenters. The maximum absolute atomic E-state index is 10.8. The Bertz CT molecular complexity index is 713. The molecule has 8 nitrogen and oxygen atoms in total. The Morgan fingerprint density at radius 3 is 2.72 bits per heavy atom. The van der Waals surface area contributed by atoms with Crippen LogP contribution in [0.1, 0.15) is 20.3 Å². The molecule has 1 aromatic carbocycles. The van der Waals surface area contributed by atoms with Gasteiger partial charge in [-0.3, -0.25) is 9.89 Å². The van der Waals surface area contributed by atoms with E-state index in [0.717, 1.165) is 76.3 Å². The highest BCUT2D eigenvalue weighted by Gasteiger charge is 2.26. The van der Waals surface area contributed by atoms with Crippen molar-refractivity contribution in [2.75, 3.05) is 77.6 Å². The normalized spacial score (nSPS) is 21.6. The Morgan fingerprint density at radius 2 is 2.00 bits per heavy atom. The number of guanidine groups is 1. The van der Waals surface area contributed by atoms with E-state index in [1.165, 1.54) is 0 Å². The molecule has 0 amide bonds. The van der Waals surface area contributed by atoms with Crippen molar-refractivity contribution >= 4 is 35.6 Å². The Labute approximate surface area is 209 Å². The second-order valence-electron chi connectivity index (χ2n) is 8.73. The predicted molar refractivity (Wildman–Crippen MR) is 141 cm³/mol. The van der Waals surface area contributed by atoms with Crippen molar-refractivity contribution < 1.29 is 14.6 Å². The van der Waals surface area contributed by atoms with Crippen LogP contribution in [0.4, 0.5) is 5.69 Å². The summed E-state index contributed by atoms with van der Waals surface area (Å²) in [4.78, 5) is 9.30. The van der Waals surface area contributed by atoms with E-state index in [9.17, 15) is 5.11 Å². The molecule has 2 heterocycles. The molecule has 0 bridgehead atoms. The number of hydrogen-bond acceptors (Lipinski definition) is 6. The number of nitrogens with one attached hydrogen (secondary N) is 2. The number of anilines is 1. The molecule has 2 aliphatic rings. The van der Waals surface area contributed by atoms with Crippen molar-refractivity contribution in [3.63, 3.8) is 0 Å². The van der Waals surface area contributed by atoms with E-state index >= 15 is 0 Å². The van der Waals surface area contributed by atoms with Gasteiger partial charge in [0.2, 0.25) is 0 Å². The van der Waals surface area contributed by atoms with Gasteiger partial charge in [0.25, 0.3) is 0 Å². The van der Waals surface area contributed by atoms with E-state index in [2.05, 4.69) is 44.5 Å². The lowest BCUT2D eigenvalue weighted by Gasteiger charge is -2.33. The number of hydrogen-bond donors (Lipinski definition) is 3. The zero-order valence-corrected chi connectivity index (χ0v) is 22.0. The number of para-hydroxylation sites is 2. The monoisotopic (exact) mass is 561 g/mol. The Kier molecular flexibility index (Phi) is 11.3. The van der Waals surface area contributed by atoms with E-state index in [1.54, 1.807) is 7.11 Å². The molecule has 0 aromatic heterocycles. The SMILES string of the molecule is CCNC(=NCC(C)(O)CN1CCOCC1)NCC1CCN(c2ccccc2OC)C1.I. The lowest BCUT2D eigenvalue weighted by Crippen LogP contribution is -2.48. The summed E-state index contributed by atoms with van der Waals surface area (Å²) in [7, 11) is 1.72. The molecule has 3 rings (SSSR count). The minimum absolute atomic E-state index is 0. The van der Waals surface area contributed by atoms with Crippen LogP contribution in [0.5, 0.6) is 5.75 Å². The van der Waals surface area contributed by atoms with Crippen LogP contribution >= 0.6 is 24.0 Å². The van der Waals surface area contributed by atoms with Gasteiger partial charge in [-0.05, 0) is 38.3 Å². The van der Waals surface area contributed by atoms with Gasteiger partial charge < -0.3 is 30.1 Å². The van der Waals surface area contributed by atoms with Crippen molar-refractivity contribution in [3.05, 3.63) is 24.3 Å². The summed E-state index contributed by atoms with van der Waals surface area (Å²) < 4.78 is 10.9. The van der Waals surface area contributed by atoms with Crippen molar-refractivity contribution in [1.82, 2.24) is 15.5 Å². The number of rotatable bonds is 9. The van der Waals surface area contributed by atoms with E-state index < -0.39 is 5.60 Å². The minimum atomic E-state index is -0.867. The third kappa shape index (κ3) is 8.24. The van der Waals surface area contributed by atoms with E-state index in [1.807, 2.05) is 19.1 Å². The fraction of sp³-hybridized carbons (Fsp3) is 0.696. The van der Waals surface area contributed by atoms with Gasteiger partial charge in [0, 0.05) is 45.8 Å². The second kappa shape index (κ2) is 13.4. The van der Waals surface area contributed by atoms with Crippen LogP contribution < -0.4 is 20.3 Å². The third-order valence-corrected chi connectivity index (χ3v) is 5.86. The van der Waals surface area contributed by atoms with Crippen LogP contribution in [0.2, 0.25) is 0 Å². The lowest BCUT2D eigenvalue weighted by molar-refractivity contribution is -0.0180. The third-order valence-electron chi connectivity index (χ3n) is 5.86. The Hall–Kier alpha value is -1.30. The van der Waals surface area contributed by atoms with Crippen molar-refractivity contribution in [2.24, 2.45) is 10.9 Å². The number of nitrogens with zero attached hydrogens (tertiary/aromatic N) is 3. The maximum atomic E-state index is 10.8. The van der Waals surface area contributed by atoms with Gasteiger partial charge >= 0.3 is 0 Å². The number of aliphatic hydroxyl groups is 1. The molecule has 32 heavy (non-hydrogen) atoms. The number of benzene rings is 1. The number of ether oxygens (including phenoxy) is 2. The Morgan fingerprint density at radius 1 is 1.25 bits per heavy atom. The number of halogens is 1. The van der Waals surface area contributed by atoms with E-state index in [0.29, 0.717) is 19.0 Å². The van der Waals surface area contributed by atoms with Crippen LogP contribution in [0.15, 0.2) is 29.3 Å².